The number of rotatable bonds is 6. The van der Waals surface area contributed by atoms with Crippen LogP contribution in [0.3, 0.4) is 0 Å². The summed E-state index contributed by atoms with van der Waals surface area (Å²) in [6.07, 6.45) is 8.50. The van der Waals surface area contributed by atoms with Gasteiger partial charge in [0, 0.05) is 38.0 Å². The minimum Gasteiger partial charge on any atom is -0.396 e. The molecule has 2 fully saturated rings. The number of para-hydroxylation sites is 1. The van der Waals surface area contributed by atoms with Crippen LogP contribution in [0.2, 0.25) is 0 Å². The van der Waals surface area contributed by atoms with E-state index in [4.69, 9.17) is 4.74 Å². The Morgan fingerprint density at radius 1 is 1.00 bits per heavy atom. The van der Waals surface area contributed by atoms with E-state index >= 15 is 0 Å². The van der Waals surface area contributed by atoms with E-state index < -0.39 is 29.1 Å². The first-order chi connectivity index (χ1) is 17.3. The summed E-state index contributed by atoms with van der Waals surface area (Å²) in [5, 5.41) is 9.53. The number of anilines is 1. The van der Waals surface area contributed by atoms with E-state index in [0.29, 0.717) is 25.9 Å². The number of ether oxygens (including phenoxy) is 1. The molecule has 8 heteroatoms. The minimum absolute atomic E-state index is 0.0618. The molecule has 1 N–H and O–H groups in total. The van der Waals surface area contributed by atoms with Crippen molar-refractivity contribution >= 4 is 23.4 Å². The number of likely N-dealkylation sites (tertiary alicyclic amines) is 1. The van der Waals surface area contributed by atoms with E-state index in [0.717, 1.165) is 5.69 Å². The molecule has 0 bridgehead atoms. The number of carbonyl (C=O) groups is 3. The molecule has 1 unspecified atom stereocenters. The average Bonchev–Trinajstić information content (AvgIpc) is 3.15. The number of hydrogen-bond acceptors (Lipinski definition) is 5. The highest BCUT2D eigenvalue weighted by Gasteiger charge is 2.75. The average molecular weight is 494 g/mol. The van der Waals surface area contributed by atoms with Gasteiger partial charge in [0.05, 0.1) is 17.4 Å². The summed E-state index contributed by atoms with van der Waals surface area (Å²) in [5.74, 6) is -2.22. The molecule has 5 atom stereocenters. The first-order valence-electron chi connectivity index (χ1n) is 12.9. The SMILES string of the molecule is CC[C@@]12C=CCN(c3ccccc3)C(=O)[C@@H]1[C@H]1C(=O)N(CCCO)C3C(=O)N(C(C)C)CC=C[C@@]31O2. The van der Waals surface area contributed by atoms with Crippen molar-refractivity contribution in [2.45, 2.75) is 56.9 Å². The van der Waals surface area contributed by atoms with Gasteiger partial charge in [-0.1, -0.05) is 49.4 Å². The van der Waals surface area contributed by atoms with E-state index in [9.17, 15) is 19.5 Å². The molecule has 0 saturated carbocycles. The molecule has 4 aliphatic heterocycles. The van der Waals surface area contributed by atoms with Gasteiger partial charge in [0.15, 0.2) is 0 Å². The summed E-state index contributed by atoms with van der Waals surface area (Å²) in [4.78, 5) is 47.5. The molecule has 0 aromatic heterocycles. The van der Waals surface area contributed by atoms with Crippen LogP contribution in [0.25, 0.3) is 0 Å². The lowest BCUT2D eigenvalue weighted by Gasteiger charge is -2.39. The van der Waals surface area contributed by atoms with Gasteiger partial charge in [0.2, 0.25) is 17.7 Å². The maximum atomic E-state index is 14.3. The zero-order valence-electron chi connectivity index (χ0n) is 21.2. The van der Waals surface area contributed by atoms with Crippen LogP contribution in [0, 0.1) is 11.8 Å². The predicted molar refractivity (Wildman–Crippen MR) is 135 cm³/mol. The zero-order valence-corrected chi connectivity index (χ0v) is 21.2. The quantitative estimate of drug-likeness (QED) is 0.614. The Kier molecular flexibility index (Phi) is 6.29. The Bertz CT molecular complexity index is 1100. The van der Waals surface area contributed by atoms with Gasteiger partial charge in [-0.15, -0.1) is 0 Å². The molecule has 1 aromatic rings. The van der Waals surface area contributed by atoms with Gasteiger partial charge in [0.25, 0.3) is 0 Å². The first kappa shape index (κ1) is 24.7. The molecule has 1 aromatic carbocycles. The summed E-state index contributed by atoms with van der Waals surface area (Å²) in [5.41, 5.74) is -1.49. The second-order valence-corrected chi connectivity index (χ2v) is 10.4. The summed E-state index contributed by atoms with van der Waals surface area (Å²) in [7, 11) is 0. The number of carbonyl (C=O) groups excluding carboxylic acids is 3. The molecule has 36 heavy (non-hydrogen) atoms. The molecule has 0 radical (unpaired) electrons. The van der Waals surface area contributed by atoms with Crippen molar-refractivity contribution in [3.05, 3.63) is 54.6 Å². The Morgan fingerprint density at radius 2 is 1.72 bits per heavy atom. The van der Waals surface area contributed by atoms with Crippen molar-refractivity contribution in [1.29, 1.82) is 0 Å². The van der Waals surface area contributed by atoms with Crippen molar-refractivity contribution in [2.24, 2.45) is 11.8 Å². The number of benzene rings is 1. The Balaban J connectivity index is 1.66. The number of hydrogen-bond donors (Lipinski definition) is 1. The second-order valence-electron chi connectivity index (χ2n) is 10.4. The topological polar surface area (TPSA) is 90.4 Å². The smallest absolute Gasteiger partial charge is 0.249 e. The third-order valence-corrected chi connectivity index (χ3v) is 8.22. The molecule has 1 spiro atoms. The lowest BCUT2D eigenvalue weighted by molar-refractivity contribution is -0.153. The van der Waals surface area contributed by atoms with Crippen molar-refractivity contribution < 1.29 is 24.2 Å². The Labute approximate surface area is 212 Å². The summed E-state index contributed by atoms with van der Waals surface area (Å²) in [6, 6.07) is 8.50. The fourth-order valence-corrected chi connectivity index (χ4v) is 6.56. The van der Waals surface area contributed by atoms with Gasteiger partial charge in [-0.25, -0.2) is 0 Å². The van der Waals surface area contributed by atoms with Crippen LogP contribution in [0.15, 0.2) is 54.6 Å². The van der Waals surface area contributed by atoms with Crippen molar-refractivity contribution in [2.75, 3.05) is 31.1 Å². The van der Waals surface area contributed by atoms with Crippen LogP contribution in [0.4, 0.5) is 5.69 Å². The maximum absolute atomic E-state index is 14.3. The van der Waals surface area contributed by atoms with Crippen LogP contribution in [-0.2, 0) is 19.1 Å². The number of nitrogens with zero attached hydrogens (tertiary/aromatic N) is 3. The van der Waals surface area contributed by atoms with Gasteiger partial charge in [-0.05, 0) is 38.8 Å². The van der Waals surface area contributed by atoms with Crippen molar-refractivity contribution in [1.82, 2.24) is 9.80 Å². The molecule has 0 aliphatic carbocycles. The van der Waals surface area contributed by atoms with Crippen LogP contribution in [0.1, 0.15) is 33.6 Å². The molecule has 2 saturated heterocycles. The molecular weight excluding hydrogens is 458 g/mol. The third-order valence-electron chi connectivity index (χ3n) is 8.22. The lowest BCUT2D eigenvalue weighted by atomic mass is 9.73. The summed E-state index contributed by atoms with van der Waals surface area (Å²) < 4.78 is 6.92. The summed E-state index contributed by atoms with van der Waals surface area (Å²) >= 11 is 0. The highest BCUT2D eigenvalue weighted by Crippen LogP contribution is 2.58. The van der Waals surface area contributed by atoms with Crippen LogP contribution in [-0.4, -0.2) is 82.2 Å². The molecule has 4 aliphatic rings. The van der Waals surface area contributed by atoms with Gasteiger partial charge in [0.1, 0.15) is 11.6 Å². The van der Waals surface area contributed by atoms with E-state index in [-0.39, 0.29) is 36.9 Å². The van der Waals surface area contributed by atoms with E-state index in [1.54, 1.807) is 14.7 Å². The number of amides is 3. The van der Waals surface area contributed by atoms with E-state index in [1.807, 2.05) is 75.4 Å². The number of aliphatic hydroxyl groups excluding tert-OH is 1. The maximum Gasteiger partial charge on any atom is 0.249 e. The second kappa shape index (κ2) is 9.16. The number of aliphatic hydroxyl groups is 1. The van der Waals surface area contributed by atoms with Gasteiger partial charge < -0.3 is 24.5 Å². The Morgan fingerprint density at radius 3 is 2.39 bits per heavy atom. The largest absolute Gasteiger partial charge is 0.396 e. The molecular formula is C28H35N3O5. The predicted octanol–water partition coefficient (Wildman–Crippen LogP) is 2.14. The van der Waals surface area contributed by atoms with Crippen LogP contribution >= 0.6 is 0 Å². The Hall–Kier alpha value is -2.97. The molecule has 192 valence electrons. The van der Waals surface area contributed by atoms with E-state index in [2.05, 4.69) is 0 Å². The standard InChI is InChI=1S/C28H35N3O5/c1-4-27-13-8-16-30(20-11-6-5-7-12-20)24(33)21(27)22-25(34)31(17-10-18-32)23-26(35)29(19(2)3)15-9-14-28(22,23)36-27/h5-9,11-14,19,21-23,32H,4,10,15-18H2,1-3H3/t21-,22-,23?,27+,28-/m0/s1. The molecule has 8 nitrogen and oxygen atoms in total. The fraction of sp³-hybridized carbons (Fsp3) is 0.536. The van der Waals surface area contributed by atoms with Crippen molar-refractivity contribution in [3.8, 4) is 0 Å². The lowest BCUT2D eigenvalue weighted by Crippen LogP contribution is -2.57. The monoisotopic (exact) mass is 493 g/mol. The third kappa shape index (κ3) is 3.45. The fourth-order valence-electron chi connectivity index (χ4n) is 6.56. The van der Waals surface area contributed by atoms with Gasteiger partial charge in [-0.2, -0.15) is 0 Å². The van der Waals surface area contributed by atoms with Gasteiger partial charge >= 0.3 is 0 Å². The van der Waals surface area contributed by atoms with Crippen LogP contribution < -0.4 is 4.90 Å². The highest BCUT2D eigenvalue weighted by atomic mass is 16.5. The van der Waals surface area contributed by atoms with E-state index in [1.165, 1.54) is 0 Å². The summed E-state index contributed by atoms with van der Waals surface area (Å²) in [6.45, 7) is 6.79. The zero-order chi connectivity index (χ0) is 25.7. The highest BCUT2D eigenvalue weighted by molar-refractivity contribution is 6.04. The van der Waals surface area contributed by atoms with Gasteiger partial charge in [-0.3, -0.25) is 14.4 Å². The molecule has 3 amide bonds. The minimum atomic E-state index is -1.26. The molecule has 5 rings (SSSR count). The molecule has 4 heterocycles. The van der Waals surface area contributed by atoms with Crippen LogP contribution in [0.5, 0.6) is 0 Å². The number of fused-ring (bicyclic) bond motifs is 2. The normalized spacial score (nSPS) is 33.6. The van der Waals surface area contributed by atoms with Crippen molar-refractivity contribution in [3.63, 3.8) is 0 Å². The first-order valence-corrected chi connectivity index (χ1v) is 12.9.